The highest BCUT2D eigenvalue weighted by molar-refractivity contribution is 7.13. The minimum absolute atomic E-state index is 0.215. The predicted octanol–water partition coefficient (Wildman–Crippen LogP) is 4.30. The summed E-state index contributed by atoms with van der Waals surface area (Å²) < 4.78 is 5.25. The van der Waals surface area contributed by atoms with Gasteiger partial charge in [-0.1, -0.05) is 37.3 Å². The zero-order valence-electron chi connectivity index (χ0n) is 15.1. The number of thiazole rings is 1. The van der Waals surface area contributed by atoms with E-state index in [1.54, 1.807) is 23.6 Å². The first-order valence-electron chi connectivity index (χ1n) is 8.62. The minimum Gasteiger partial charge on any atom is -0.448 e. The van der Waals surface area contributed by atoms with Crippen molar-refractivity contribution < 1.29 is 14.3 Å². The molecule has 0 radical (unpaired) electrons. The molecule has 0 fully saturated rings. The van der Waals surface area contributed by atoms with Crippen molar-refractivity contribution in [3.63, 3.8) is 0 Å². The van der Waals surface area contributed by atoms with Crippen molar-refractivity contribution in [1.29, 1.82) is 0 Å². The quantitative estimate of drug-likeness (QED) is 0.601. The van der Waals surface area contributed by atoms with Gasteiger partial charge in [-0.3, -0.25) is 4.79 Å². The Balaban J connectivity index is 1.57. The van der Waals surface area contributed by atoms with E-state index in [0.717, 1.165) is 21.9 Å². The molecule has 0 aliphatic rings. The van der Waals surface area contributed by atoms with Crippen molar-refractivity contribution in [3.8, 4) is 10.6 Å². The van der Waals surface area contributed by atoms with Crippen LogP contribution >= 0.6 is 22.7 Å². The second-order valence-electron chi connectivity index (χ2n) is 5.93. The summed E-state index contributed by atoms with van der Waals surface area (Å²) in [5, 5.41) is 7.11. The summed E-state index contributed by atoms with van der Waals surface area (Å²) in [7, 11) is 0. The van der Waals surface area contributed by atoms with E-state index in [2.05, 4.69) is 29.4 Å². The van der Waals surface area contributed by atoms with E-state index in [1.807, 2.05) is 29.6 Å². The number of aromatic nitrogens is 1. The van der Waals surface area contributed by atoms with Crippen LogP contribution in [0.2, 0.25) is 0 Å². The smallest absolute Gasteiger partial charge is 0.358 e. The Morgan fingerprint density at radius 1 is 1.19 bits per heavy atom. The largest absolute Gasteiger partial charge is 0.448 e. The molecule has 0 saturated heterocycles. The average Bonchev–Trinajstić information content (AvgIpc) is 3.38. The van der Waals surface area contributed by atoms with Crippen LogP contribution in [0.1, 0.15) is 34.8 Å². The number of aryl methyl sites for hydroxylation is 1. The summed E-state index contributed by atoms with van der Waals surface area (Å²) in [6.45, 7) is 4.08. The van der Waals surface area contributed by atoms with E-state index in [4.69, 9.17) is 4.74 Å². The molecule has 7 heteroatoms. The summed E-state index contributed by atoms with van der Waals surface area (Å²) in [6.07, 6.45) is 0.0915. The Morgan fingerprint density at radius 3 is 2.63 bits per heavy atom. The maximum absolute atomic E-state index is 12.3. The molecule has 0 aliphatic carbocycles. The van der Waals surface area contributed by atoms with Gasteiger partial charge in [-0.15, -0.1) is 22.7 Å². The van der Waals surface area contributed by atoms with E-state index >= 15 is 0 Å². The topological polar surface area (TPSA) is 68.3 Å². The zero-order valence-corrected chi connectivity index (χ0v) is 16.7. The molecule has 1 amide bonds. The lowest BCUT2D eigenvalue weighted by Crippen LogP contribution is -2.35. The molecular formula is C20H20N2O3S2. The molecule has 27 heavy (non-hydrogen) atoms. The molecule has 0 spiro atoms. The lowest BCUT2D eigenvalue weighted by molar-refractivity contribution is -0.129. The Hall–Kier alpha value is -2.51. The van der Waals surface area contributed by atoms with Gasteiger partial charge >= 0.3 is 5.97 Å². The van der Waals surface area contributed by atoms with Gasteiger partial charge in [-0.05, 0) is 30.4 Å². The molecule has 1 aromatic carbocycles. The Kier molecular flexibility index (Phi) is 6.36. The fraction of sp³-hybridized carbons (Fsp3) is 0.250. The van der Waals surface area contributed by atoms with E-state index in [1.165, 1.54) is 16.9 Å². The van der Waals surface area contributed by atoms with Gasteiger partial charge in [0.1, 0.15) is 5.01 Å². The SMILES string of the molecule is CCc1ccc(-c2nc(C(=O)O[C@@H](C)C(=O)NCc3cccs3)cs2)cc1. The number of esters is 1. The second-order valence-corrected chi connectivity index (χ2v) is 7.82. The summed E-state index contributed by atoms with van der Waals surface area (Å²) in [5.41, 5.74) is 2.42. The van der Waals surface area contributed by atoms with Crippen molar-refractivity contribution in [2.75, 3.05) is 0 Å². The molecule has 0 bridgehead atoms. The first-order chi connectivity index (χ1) is 13.1. The van der Waals surface area contributed by atoms with Crippen LogP contribution in [-0.2, 0) is 22.5 Å². The number of hydrogen-bond donors (Lipinski definition) is 1. The van der Waals surface area contributed by atoms with E-state index in [9.17, 15) is 9.59 Å². The van der Waals surface area contributed by atoms with Crippen LogP contribution in [0.3, 0.4) is 0 Å². The van der Waals surface area contributed by atoms with Crippen LogP contribution in [0.25, 0.3) is 10.6 Å². The maximum atomic E-state index is 12.3. The number of amides is 1. The third kappa shape index (κ3) is 5.02. The molecule has 2 heterocycles. The lowest BCUT2D eigenvalue weighted by Gasteiger charge is -2.12. The van der Waals surface area contributed by atoms with Crippen LogP contribution < -0.4 is 5.32 Å². The van der Waals surface area contributed by atoms with Crippen molar-refractivity contribution in [3.05, 3.63) is 63.3 Å². The lowest BCUT2D eigenvalue weighted by atomic mass is 10.1. The third-order valence-corrected chi connectivity index (χ3v) is 5.76. The number of rotatable bonds is 7. The summed E-state index contributed by atoms with van der Waals surface area (Å²) in [4.78, 5) is 29.8. The van der Waals surface area contributed by atoms with E-state index in [0.29, 0.717) is 6.54 Å². The average molecular weight is 401 g/mol. The number of carbonyl (C=O) groups excluding carboxylic acids is 2. The monoisotopic (exact) mass is 400 g/mol. The summed E-state index contributed by atoms with van der Waals surface area (Å²) in [6, 6.07) is 11.9. The Morgan fingerprint density at radius 2 is 1.96 bits per heavy atom. The van der Waals surface area contributed by atoms with Crippen molar-refractivity contribution in [2.24, 2.45) is 0 Å². The fourth-order valence-electron chi connectivity index (χ4n) is 2.39. The number of thiophene rings is 1. The van der Waals surface area contributed by atoms with Gasteiger partial charge in [0.2, 0.25) is 0 Å². The van der Waals surface area contributed by atoms with E-state index < -0.39 is 12.1 Å². The standard InChI is InChI=1S/C20H20N2O3S2/c1-3-14-6-8-15(9-7-14)19-22-17(12-27-19)20(24)25-13(2)18(23)21-11-16-5-4-10-26-16/h4-10,12-13H,3,11H2,1-2H3,(H,21,23)/t13-/m0/s1. The molecular weight excluding hydrogens is 380 g/mol. The van der Waals surface area contributed by atoms with Crippen molar-refractivity contribution in [2.45, 2.75) is 32.9 Å². The molecule has 1 N–H and O–H groups in total. The second kappa shape index (κ2) is 8.92. The summed E-state index contributed by atoms with van der Waals surface area (Å²) >= 11 is 2.94. The van der Waals surface area contributed by atoms with Crippen LogP contribution in [0, 0.1) is 0 Å². The predicted molar refractivity (Wildman–Crippen MR) is 108 cm³/mol. The number of hydrogen-bond acceptors (Lipinski definition) is 6. The van der Waals surface area contributed by atoms with Crippen LogP contribution in [-0.4, -0.2) is 23.0 Å². The van der Waals surface area contributed by atoms with Crippen LogP contribution in [0.4, 0.5) is 0 Å². The van der Waals surface area contributed by atoms with Gasteiger partial charge in [0, 0.05) is 15.8 Å². The highest BCUT2D eigenvalue weighted by Crippen LogP contribution is 2.24. The van der Waals surface area contributed by atoms with Gasteiger partial charge in [-0.25, -0.2) is 9.78 Å². The first-order valence-corrected chi connectivity index (χ1v) is 10.4. The molecule has 3 aromatic rings. The van der Waals surface area contributed by atoms with Gasteiger partial charge in [0.25, 0.3) is 5.91 Å². The molecule has 1 atom stereocenters. The number of nitrogens with one attached hydrogen (secondary N) is 1. The normalized spacial score (nSPS) is 11.8. The molecule has 140 valence electrons. The number of ether oxygens (including phenoxy) is 1. The molecule has 5 nitrogen and oxygen atoms in total. The van der Waals surface area contributed by atoms with Gasteiger partial charge in [-0.2, -0.15) is 0 Å². The van der Waals surface area contributed by atoms with Crippen molar-refractivity contribution in [1.82, 2.24) is 10.3 Å². The van der Waals surface area contributed by atoms with Gasteiger partial charge in [0.15, 0.2) is 11.8 Å². The minimum atomic E-state index is -0.883. The molecule has 0 saturated carbocycles. The highest BCUT2D eigenvalue weighted by atomic mass is 32.1. The van der Waals surface area contributed by atoms with Crippen LogP contribution in [0.5, 0.6) is 0 Å². The van der Waals surface area contributed by atoms with Crippen LogP contribution in [0.15, 0.2) is 47.2 Å². The summed E-state index contributed by atoms with van der Waals surface area (Å²) in [5.74, 6) is -0.927. The molecule has 0 aliphatic heterocycles. The van der Waals surface area contributed by atoms with Gasteiger partial charge in [0.05, 0.1) is 6.54 Å². The van der Waals surface area contributed by atoms with E-state index in [-0.39, 0.29) is 11.6 Å². The molecule has 0 unspecified atom stereocenters. The highest BCUT2D eigenvalue weighted by Gasteiger charge is 2.21. The number of benzene rings is 1. The third-order valence-electron chi connectivity index (χ3n) is 3.99. The van der Waals surface area contributed by atoms with Gasteiger partial charge < -0.3 is 10.1 Å². The van der Waals surface area contributed by atoms with Crippen molar-refractivity contribution >= 4 is 34.6 Å². The zero-order chi connectivity index (χ0) is 19.2. The Bertz CT molecular complexity index is 902. The fourth-order valence-corrected chi connectivity index (χ4v) is 3.83. The Labute approximate surface area is 166 Å². The molecule has 3 rings (SSSR count). The number of nitrogens with zero attached hydrogens (tertiary/aromatic N) is 1. The number of carbonyl (C=O) groups is 2. The molecule has 2 aromatic heterocycles. The first kappa shape index (κ1) is 19.3. The maximum Gasteiger partial charge on any atom is 0.358 e.